The first-order chi connectivity index (χ1) is 11.1. The molecule has 1 amide bonds. The molecule has 3 rings (SSSR count). The Kier molecular flexibility index (Phi) is 4.47. The molecule has 2 aromatic rings. The van der Waals surface area contributed by atoms with E-state index in [9.17, 15) is 9.59 Å². The van der Waals surface area contributed by atoms with Crippen molar-refractivity contribution >= 4 is 28.3 Å². The average molecular weight is 332 g/mol. The van der Waals surface area contributed by atoms with E-state index >= 15 is 0 Å². The van der Waals surface area contributed by atoms with Gasteiger partial charge in [0.05, 0.1) is 0 Å². The Morgan fingerprint density at radius 3 is 2.70 bits per heavy atom. The molecule has 0 radical (unpaired) electrons. The average Bonchev–Trinajstić information content (AvgIpc) is 3.18. The van der Waals surface area contributed by atoms with Gasteiger partial charge in [0.2, 0.25) is 0 Å². The van der Waals surface area contributed by atoms with Crippen LogP contribution in [0.5, 0.6) is 0 Å². The minimum absolute atomic E-state index is 0.187. The van der Waals surface area contributed by atoms with Crippen molar-refractivity contribution in [2.75, 3.05) is 18.4 Å². The molecule has 23 heavy (non-hydrogen) atoms. The SMILES string of the molecule is CC(C)c1ccc(Nc2s[nH]c(=O)c2C(=O)N2CCCC2)nc1. The van der Waals surface area contributed by atoms with Gasteiger partial charge < -0.3 is 10.2 Å². The van der Waals surface area contributed by atoms with E-state index in [-0.39, 0.29) is 17.0 Å². The quantitative estimate of drug-likeness (QED) is 0.902. The molecule has 122 valence electrons. The molecule has 0 unspecified atom stereocenters. The predicted octanol–water partition coefficient (Wildman–Crippen LogP) is 2.93. The van der Waals surface area contributed by atoms with E-state index < -0.39 is 0 Å². The van der Waals surface area contributed by atoms with Gasteiger partial charge in [-0.3, -0.25) is 14.0 Å². The van der Waals surface area contributed by atoms with Gasteiger partial charge in [-0.2, -0.15) is 0 Å². The third-order valence-electron chi connectivity index (χ3n) is 4.00. The zero-order valence-corrected chi connectivity index (χ0v) is 14.1. The van der Waals surface area contributed by atoms with Crippen LogP contribution in [-0.2, 0) is 0 Å². The molecule has 1 aliphatic rings. The van der Waals surface area contributed by atoms with Crippen LogP contribution in [0.2, 0.25) is 0 Å². The van der Waals surface area contributed by atoms with E-state index in [0.717, 1.165) is 43.0 Å². The van der Waals surface area contributed by atoms with Gasteiger partial charge in [-0.1, -0.05) is 19.9 Å². The predicted molar refractivity (Wildman–Crippen MR) is 91.7 cm³/mol. The number of nitrogens with zero attached hydrogens (tertiary/aromatic N) is 2. The van der Waals surface area contributed by atoms with Crippen molar-refractivity contribution in [1.29, 1.82) is 0 Å². The van der Waals surface area contributed by atoms with Crippen LogP contribution < -0.4 is 10.9 Å². The molecule has 7 heteroatoms. The summed E-state index contributed by atoms with van der Waals surface area (Å²) in [6.07, 6.45) is 3.80. The summed E-state index contributed by atoms with van der Waals surface area (Å²) in [6.45, 7) is 5.65. The number of likely N-dealkylation sites (tertiary alicyclic amines) is 1. The monoisotopic (exact) mass is 332 g/mol. The topological polar surface area (TPSA) is 78.1 Å². The lowest BCUT2D eigenvalue weighted by Crippen LogP contribution is -2.31. The normalized spacial score (nSPS) is 14.5. The Morgan fingerprint density at radius 2 is 2.09 bits per heavy atom. The number of anilines is 2. The highest BCUT2D eigenvalue weighted by Crippen LogP contribution is 2.24. The lowest BCUT2D eigenvalue weighted by atomic mass is 10.1. The first kappa shape index (κ1) is 15.7. The highest BCUT2D eigenvalue weighted by Gasteiger charge is 2.26. The second-order valence-electron chi connectivity index (χ2n) is 5.99. The van der Waals surface area contributed by atoms with Crippen LogP contribution in [0, 0.1) is 0 Å². The Hall–Kier alpha value is -2.15. The van der Waals surface area contributed by atoms with E-state index in [0.29, 0.717) is 16.7 Å². The molecule has 0 atom stereocenters. The van der Waals surface area contributed by atoms with Crippen molar-refractivity contribution in [3.8, 4) is 0 Å². The number of H-pyrrole nitrogens is 1. The first-order valence-electron chi connectivity index (χ1n) is 7.80. The van der Waals surface area contributed by atoms with Gasteiger partial charge in [0.25, 0.3) is 11.5 Å². The molecule has 1 saturated heterocycles. The molecule has 0 aromatic carbocycles. The van der Waals surface area contributed by atoms with Crippen LogP contribution in [0.15, 0.2) is 23.1 Å². The maximum atomic E-state index is 12.5. The van der Waals surface area contributed by atoms with Crippen LogP contribution in [-0.4, -0.2) is 33.3 Å². The molecular formula is C16H20N4O2S. The molecule has 2 aromatic heterocycles. The molecule has 0 aliphatic carbocycles. The van der Waals surface area contributed by atoms with Crippen LogP contribution in [0.3, 0.4) is 0 Å². The Labute approximate surface area is 138 Å². The minimum atomic E-state index is -0.340. The second-order valence-corrected chi connectivity index (χ2v) is 6.81. The number of carbonyl (C=O) groups excluding carboxylic acids is 1. The number of rotatable bonds is 4. The third kappa shape index (κ3) is 3.29. The fourth-order valence-corrected chi connectivity index (χ4v) is 3.33. The van der Waals surface area contributed by atoms with Crippen molar-refractivity contribution in [1.82, 2.24) is 14.3 Å². The van der Waals surface area contributed by atoms with Crippen LogP contribution in [0.4, 0.5) is 10.8 Å². The fourth-order valence-electron chi connectivity index (χ4n) is 2.60. The van der Waals surface area contributed by atoms with E-state index in [1.807, 2.05) is 18.3 Å². The number of aromatic nitrogens is 2. The summed E-state index contributed by atoms with van der Waals surface area (Å²) in [5, 5.41) is 3.62. The summed E-state index contributed by atoms with van der Waals surface area (Å²) < 4.78 is 2.64. The zero-order chi connectivity index (χ0) is 16.4. The second kappa shape index (κ2) is 6.54. The maximum Gasteiger partial charge on any atom is 0.273 e. The highest BCUT2D eigenvalue weighted by molar-refractivity contribution is 7.10. The van der Waals surface area contributed by atoms with Crippen LogP contribution in [0.25, 0.3) is 0 Å². The van der Waals surface area contributed by atoms with Crippen molar-refractivity contribution < 1.29 is 4.79 Å². The van der Waals surface area contributed by atoms with Gasteiger partial charge in [-0.25, -0.2) is 4.98 Å². The van der Waals surface area contributed by atoms with Gasteiger partial charge >= 0.3 is 0 Å². The van der Waals surface area contributed by atoms with Gasteiger partial charge in [0, 0.05) is 19.3 Å². The largest absolute Gasteiger partial charge is 0.338 e. The Morgan fingerprint density at radius 1 is 1.35 bits per heavy atom. The fraction of sp³-hybridized carbons (Fsp3) is 0.438. The number of amides is 1. The molecule has 6 nitrogen and oxygen atoms in total. The van der Waals surface area contributed by atoms with Crippen molar-refractivity contribution in [3.05, 3.63) is 39.8 Å². The number of carbonyl (C=O) groups is 1. The summed E-state index contributed by atoms with van der Waals surface area (Å²) in [7, 11) is 0. The van der Waals surface area contributed by atoms with E-state index in [1.54, 1.807) is 4.90 Å². The van der Waals surface area contributed by atoms with Crippen molar-refractivity contribution in [3.63, 3.8) is 0 Å². The molecular weight excluding hydrogens is 312 g/mol. The van der Waals surface area contributed by atoms with E-state index in [4.69, 9.17) is 0 Å². The summed E-state index contributed by atoms with van der Waals surface area (Å²) in [6, 6.07) is 3.86. The van der Waals surface area contributed by atoms with Crippen molar-refractivity contribution in [2.45, 2.75) is 32.6 Å². The summed E-state index contributed by atoms with van der Waals surface area (Å²) in [5.74, 6) is 0.832. The standard InChI is InChI=1S/C16H20N4O2S/c1-10(2)11-5-6-12(17-9-11)18-15-13(14(21)19-23-15)16(22)20-7-3-4-8-20/h5-6,9-10H,3-4,7-8H2,1-2H3,(H,17,18)(H,19,21). The van der Waals surface area contributed by atoms with E-state index in [1.165, 1.54) is 0 Å². The molecule has 3 heterocycles. The van der Waals surface area contributed by atoms with E-state index in [2.05, 4.69) is 28.5 Å². The van der Waals surface area contributed by atoms with Crippen LogP contribution in [0.1, 0.15) is 48.5 Å². The number of aromatic amines is 1. The van der Waals surface area contributed by atoms with Gasteiger partial charge in [0.15, 0.2) is 0 Å². The molecule has 1 fully saturated rings. The number of nitrogens with one attached hydrogen (secondary N) is 2. The zero-order valence-electron chi connectivity index (χ0n) is 13.3. The molecule has 0 saturated carbocycles. The molecule has 0 spiro atoms. The molecule has 2 N–H and O–H groups in total. The number of hydrogen-bond acceptors (Lipinski definition) is 5. The molecule has 0 bridgehead atoms. The van der Waals surface area contributed by atoms with Gasteiger partial charge in [-0.05, 0) is 41.9 Å². The maximum absolute atomic E-state index is 12.5. The molecule has 1 aliphatic heterocycles. The number of hydrogen-bond donors (Lipinski definition) is 2. The lowest BCUT2D eigenvalue weighted by molar-refractivity contribution is 0.0793. The minimum Gasteiger partial charge on any atom is -0.338 e. The third-order valence-corrected chi connectivity index (χ3v) is 4.80. The van der Waals surface area contributed by atoms with Crippen LogP contribution >= 0.6 is 11.5 Å². The highest BCUT2D eigenvalue weighted by atomic mass is 32.1. The summed E-state index contributed by atoms with van der Waals surface area (Å²) in [4.78, 5) is 30.6. The summed E-state index contributed by atoms with van der Waals surface area (Å²) in [5.41, 5.74) is 0.992. The summed E-state index contributed by atoms with van der Waals surface area (Å²) >= 11 is 1.13. The number of pyridine rings is 1. The first-order valence-corrected chi connectivity index (χ1v) is 8.61. The van der Waals surface area contributed by atoms with Gasteiger partial charge in [-0.15, -0.1) is 0 Å². The smallest absolute Gasteiger partial charge is 0.273 e. The van der Waals surface area contributed by atoms with Crippen molar-refractivity contribution in [2.24, 2.45) is 0 Å². The van der Waals surface area contributed by atoms with Gasteiger partial charge in [0.1, 0.15) is 16.4 Å². The Balaban J connectivity index is 1.83. The Bertz CT molecular complexity index is 742. The lowest BCUT2D eigenvalue weighted by Gasteiger charge is -2.14.